The van der Waals surface area contributed by atoms with Crippen LogP contribution < -0.4 is 0 Å². The Balaban J connectivity index is 4.59. The smallest absolute Gasteiger partial charge is 0.306 e. The highest BCUT2D eigenvalue weighted by molar-refractivity contribution is 5.71. The molecule has 0 aromatic rings. The number of ether oxygens (including phenoxy) is 3. The lowest BCUT2D eigenvalue weighted by molar-refractivity contribution is -0.166. The van der Waals surface area contributed by atoms with E-state index in [1.807, 2.05) is 12.2 Å². The summed E-state index contributed by atoms with van der Waals surface area (Å²) >= 11 is 0. The van der Waals surface area contributed by atoms with Gasteiger partial charge >= 0.3 is 17.9 Å². The van der Waals surface area contributed by atoms with Crippen LogP contribution >= 0.6 is 0 Å². The first-order valence-corrected chi connectivity index (χ1v) is 21.4. The van der Waals surface area contributed by atoms with E-state index in [0.717, 1.165) is 77.0 Å². The lowest BCUT2D eigenvalue weighted by Gasteiger charge is -2.18. The van der Waals surface area contributed by atoms with E-state index in [4.69, 9.17) is 14.2 Å². The van der Waals surface area contributed by atoms with Crippen molar-refractivity contribution in [3.05, 3.63) is 109 Å². The minimum absolute atomic E-state index is 0.135. The molecule has 0 aliphatic heterocycles. The molecular formula is C49H76O6. The van der Waals surface area contributed by atoms with E-state index in [9.17, 15) is 14.4 Å². The molecule has 0 aromatic carbocycles. The van der Waals surface area contributed by atoms with Crippen molar-refractivity contribution in [2.24, 2.45) is 0 Å². The van der Waals surface area contributed by atoms with E-state index in [2.05, 4.69) is 118 Å². The molecule has 0 aliphatic rings. The molecule has 0 aliphatic carbocycles. The van der Waals surface area contributed by atoms with Crippen molar-refractivity contribution < 1.29 is 28.6 Å². The van der Waals surface area contributed by atoms with Crippen molar-refractivity contribution >= 4 is 17.9 Å². The molecule has 0 N–H and O–H groups in total. The Bertz CT molecular complexity index is 1200. The van der Waals surface area contributed by atoms with Crippen LogP contribution in [0, 0.1) is 0 Å². The Morgan fingerprint density at radius 2 is 0.764 bits per heavy atom. The Labute approximate surface area is 336 Å². The number of unbranched alkanes of at least 4 members (excludes halogenated alkanes) is 7. The molecule has 0 rings (SSSR count). The first kappa shape index (κ1) is 51.1. The van der Waals surface area contributed by atoms with Gasteiger partial charge in [0.2, 0.25) is 0 Å². The minimum atomic E-state index is -0.837. The fourth-order valence-corrected chi connectivity index (χ4v) is 5.09. The zero-order valence-corrected chi connectivity index (χ0v) is 34.9. The molecule has 0 aromatic heterocycles. The van der Waals surface area contributed by atoms with Gasteiger partial charge in [-0.15, -0.1) is 0 Å². The maximum atomic E-state index is 12.7. The molecule has 0 heterocycles. The largest absolute Gasteiger partial charge is 0.462 e. The van der Waals surface area contributed by atoms with Gasteiger partial charge in [0.15, 0.2) is 6.10 Å². The molecule has 1 unspecified atom stereocenters. The third-order valence-electron chi connectivity index (χ3n) is 8.26. The predicted molar refractivity (Wildman–Crippen MR) is 233 cm³/mol. The average molecular weight is 761 g/mol. The summed E-state index contributed by atoms with van der Waals surface area (Å²) in [6.07, 6.45) is 56.7. The van der Waals surface area contributed by atoms with Crippen LogP contribution in [0.1, 0.15) is 162 Å². The summed E-state index contributed by atoms with van der Waals surface area (Å²) in [4.78, 5) is 37.5. The summed E-state index contributed by atoms with van der Waals surface area (Å²) in [5, 5.41) is 0. The highest BCUT2D eigenvalue weighted by Gasteiger charge is 2.19. The van der Waals surface area contributed by atoms with Gasteiger partial charge in [0.1, 0.15) is 13.2 Å². The molecule has 0 saturated carbocycles. The van der Waals surface area contributed by atoms with Crippen molar-refractivity contribution in [1.82, 2.24) is 0 Å². The summed E-state index contributed by atoms with van der Waals surface area (Å²) in [6.45, 7) is 6.20. The van der Waals surface area contributed by atoms with Crippen LogP contribution in [0.25, 0.3) is 0 Å². The standard InChI is InChI=1S/C49H76O6/c1-4-7-10-13-16-19-21-23-24-25-26-28-30-33-36-39-42-48(51)54-45-46(44-53-47(50)41-38-35-32-29-18-15-12-9-6-3)55-49(52)43-40-37-34-31-27-22-20-17-14-11-8-5-2/h7-8,10-11,16-17,19-20,23-24,26-29,31-33,36,46H,4-6,9,12-15,18,21-22,25,30,34-35,37-45H2,1-3H3/b10-7-,11-8-,19-16-,20-17-,24-23-,28-26-,31-27-,32-29-,36-33-. The summed E-state index contributed by atoms with van der Waals surface area (Å²) in [7, 11) is 0. The quantitative estimate of drug-likeness (QED) is 0.0274. The van der Waals surface area contributed by atoms with Crippen LogP contribution in [-0.4, -0.2) is 37.2 Å². The van der Waals surface area contributed by atoms with Crippen molar-refractivity contribution in [2.45, 2.75) is 168 Å². The number of hydrogen-bond donors (Lipinski definition) is 0. The molecule has 0 amide bonds. The Morgan fingerprint density at radius 1 is 0.382 bits per heavy atom. The molecule has 0 fully saturated rings. The lowest BCUT2D eigenvalue weighted by atomic mass is 10.1. The summed E-state index contributed by atoms with van der Waals surface area (Å²) < 4.78 is 16.5. The average Bonchev–Trinajstić information content (AvgIpc) is 3.18. The fourth-order valence-electron chi connectivity index (χ4n) is 5.09. The van der Waals surface area contributed by atoms with Crippen LogP contribution in [-0.2, 0) is 28.6 Å². The molecule has 55 heavy (non-hydrogen) atoms. The molecule has 0 spiro atoms. The van der Waals surface area contributed by atoms with E-state index in [1.54, 1.807) is 0 Å². The second kappa shape index (κ2) is 42.8. The second-order valence-electron chi connectivity index (χ2n) is 13.5. The number of allylic oxidation sites excluding steroid dienone is 18. The van der Waals surface area contributed by atoms with E-state index in [0.29, 0.717) is 19.3 Å². The van der Waals surface area contributed by atoms with Gasteiger partial charge in [-0.3, -0.25) is 14.4 Å². The van der Waals surface area contributed by atoms with Gasteiger partial charge in [-0.1, -0.05) is 149 Å². The van der Waals surface area contributed by atoms with Crippen molar-refractivity contribution in [3.8, 4) is 0 Å². The maximum absolute atomic E-state index is 12.7. The van der Waals surface area contributed by atoms with Crippen LogP contribution in [0.2, 0.25) is 0 Å². The van der Waals surface area contributed by atoms with Crippen LogP contribution in [0.3, 0.4) is 0 Å². The molecule has 1 atom stereocenters. The summed E-state index contributed by atoms with van der Waals surface area (Å²) in [5.41, 5.74) is 0. The van der Waals surface area contributed by atoms with Gasteiger partial charge in [0.25, 0.3) is 0 Å². The minimum Gasteiger partial charge on any atom is -0.462 e. The van der Waals surface area contributed by atoms with E-state index in [1.165, 1.54) is 25.7 Å². The summed E-state index contributed by atoms with van der Waals surface area (Å²) in [5.74, 6) is -1.11. The van der Waals surface area contributed by atoms with E-state index in [-0.39, 0.29) is 50.4 Å². The molecule has 6 nitrogen and oxygen atoms in total. The third-order valence-corrected chi connectivity index (χ3v) is 8.26. The van der Waals surface area contributed by atoms with Crippen molar-refractivity contribution in [3.63, 3.8) is 0 Å². The topological polar surface area (TPSA) is 78.9 Å². The number of esters is 3. The lowest BCUT2D eigenvalue weighted by Crippen LogP contribution is -2.30. The van der Waals surface area contributed by atoms with Gasteiger partial charge in [0, 0.05) is 19.3 Å². The van der Waals surface area contributed by atoms with E-state index >= 15 is 0 Å². The zero-order valence-electron chi connectivity index (χ0n) is 34.9. The van der Waals surface area contributed by atoms with Gasteiger partial charge in [0.05, 0.1) is 0 Å². The van der Waals surface area contributed by atoms with Crippen LogP contribution in [0.15, 0.2) is 109 Å². The molecule has 0 saturated heterocycles. The number of carbonyl (C=O) groups excluding carboxylic acids is 3. The molecule has 0 bridgehead atoms. The highest BCUT2D eigenvalue weighted by Crippen LogP contribution is 2.09. The third kappa shape index (κ3) is 41.1. The molecular weight excluding hydrogens is 685 g/mol. The van der Waals surface area contributed by atoms with Crippen molar-refractivity contribution in [2.75, 3.05) is 13.2 Å². The maximum Gasteiger partial charge on any atom is 0.306 e. The fraction of sp³-hybridized carbons (Fsp3) is 0.571. The number of carbonyl (C=O) groups is 3. The van der Waals surface area contributed by atoms with Gasteiger partial charge in [-0.25, -0.2) is 0 Å². The van der Waals surface area contributed by atoms with Gasteiger partial charge in [-0.05, 0) is 103 Å². The summed E-state index contributed by atoms with van der Waals surface area (Å²) in [6, 6.07) is 0. The highest BCUT2D eigenvalue weighted by atomic mass is 16.6. The van der Waals surface area contributed by atoms with Gasteiger partial charge in [-0.2, -0.15) is 0 Å². The zero-order chi connectivity index (χ0) is 40.1. The monoisotopic (exact) mass is 761 g/mol. The normalized spacial score (nSPS) is 13.1. The first-order chi connectivity index (χ1) is 27.0. The van der Waals surface area contributed by atoms with Crippen molar-refractivity contribution in [1.29, 1.82) is 0 Å². The second-order valence-corrected chi connectivity index (χ2v) is 13.5. The number of hydrogen-bond acceptors (Lipinski definition) is 6. The van der Waals surface area contributed by atoms with Crippen LogP contribution in [0.4, 0.5) is 0 Å². The van der Waals surface area contributed by atoms with Gasteiger partial charge < -0.3 is 14.2 Å². The number of rotatable bonds is 36. The Morgan fingerprint density at radius 3 is 1.25 bits per heavy atom. The first-order valence-electron chi connectivity index (χ1n) is 21.4. The van der Waals surface area contributed by atoms with Crippen LogP contribution in [0.5, 0.6) is 0 Å². The predicted octanol–water partition coefficient (Wildman–Crippen LogP) is 13.6. The van der Waals surface area contributed by atoms with E-state index < -0.39 is 6.10 Å². The Kier molecular flexibility index (Phi) is 39.7. The molecule has 0 radical (unpaired) electrons. The molecule has 308 valence electrons. The SMILES string of the molecule is CC/C=C\C/C=C\C/C=C\C/C=C\C/C=C\CCC(=O)OCC(COC(=O)CCC/C=C\CCCCCC)OC(=O)CCCC/C=C\C/C=C\C/C=C\CC. The Hall–Kier alpha value is -3.93. The molecule has 6 heteroatoms.